The number of likely N-dealkylation sites (N-methyl/N-ethyl adjacent to an activating group) is 7. The van der Waals surface area contributed by atoms with Gasteiger partial charge in [-0.2, -0.15) is 0 Å². The van der Waals surface area contributed by atoms with Crippen molar-refractivity contribution in [3.05, 3.63) is 12.2 Å². The van der Waals surface area contributed by atoms with E-state index >= 15 is 9.59 Å². The lowest BCUT2D eigenvalue weighted by Crippen LogP contribution is -2.63. The summed E-state index contributed by atoms with van der Waals surface area (Å²) in [6, 6.07) is -12.4. The van der Waals surface area contributed by atoms with Crippen molar-refractivity contribution in [1.82, 2.24) is 55.6 Å². The third-order valence-corrected chi connectivity index (χ3v) is 17.2. The quantitative estimate of drug-likeness (QED) is 0.147. The fraction of sp³-hybridized carbons (Fsp3) is 0.794. The topological polar surface area (TPSA) is 279 Å². The molecule has 0 aromatic rings. The van der Waals surface area contributed by atoms with Crippen molar-refractivity contribution in [3.8, 4) is 0 Å². The third kappa shape index (κ3) is 21.0. The van der Waals surface area contributed by atoms with Crippen LogP contribution in [-0.2, 0) is 52.7 Å². The average molecular weight is 1220 g/mol. The lowest BCUT2D eigenvalue weighted by molar-refractivity contribution is -0.158. The molecule has 1 aliphatic heterocycles. The molecule has 1 aliphatic rings. The molecule has 492 valence electrons. The molecule has 23 heteroatoms. The summed E-state index contributed by atoms with van der Waals surface area (Å²) in [6.07, 6.45) is 3.25. The van der Waals surface area contributed by atoms with E-state index in [1.165, 1.54) is 94.6 Å². The number of aliphatic hydroxyl groups excluding tert-OH is 1. The monoisotopic (exact) mass is 1220 g/mol. The average Bonchev–Trinajstić information content (AvgIpc) is 2.29. The standard InChI is InChI=1S/C63H113N11O12/c1-26-28-29-39(13)41(15)52-56(79)66-45(27-2)59(82)68(19)33-49(76)72(23)51(40(14)37(9)10)57(80)67-50(38(11)12)62(85)69(20)46(30-34(3)4)55(78)64-42(16)54(77)65-43(17)58(81)70(21)47(31-35(5)6)60(83)71(22)48(32-36(7)8)61(84)74(25)53(44(18)75)63(86)73(52)24/h26,28,34-48,50-53,75H,27,29-33H2,1-25H3,(H,64,78)(H,65,77)(H,66,79)(H,67,80)/b28-26+/t39-,40-,41+,42+,43+,44?,45+,46+,47+,48+,50?,51?,52-,53?/m1/s1. The molecular formula is C63H113N11O12. The van der Waals surface area contributed by atoms with Crippen LogP contribution >= 0.6 is 0 Å². The summed E-state index contributed by atoms with van der Waals surface area (Å²) < 4.78 is 0. The van der Waals surface area contributed by atoms with Gasteiger partial charge in [0.2, 0.25) is 65.0 Å². The Hall–Kier alpha value is -6.13. The van der Waals surface area contributed by atoms with Crippen molar-refractivity contribution in [2.45, 2.75) is 223 Å². The second kappa shape index (κ2) is 35.0. The highest BCUT2D eigenvalue weighted by atomic mass is 16.3. The predicted molar refractivity (Wildman–Crippen MR) is 333 cm³/mol. The second-order valence-corrected chi connectivity index (χ2v) is 26.4. The maximum Gasteiger partial charge on any atom is 0.248 e. The lowest BCUT2D eigenvalue weighted by Gasteiger charge is -2.41. The number of aliphatic hydroxyl groups is 1. The van der Waals surface area contributed by atoms with E-state index < -0.39 is 156 Å². The first kappa shape index (κ1) is 77.9. The van der Waals surface area contributed by atoms with E-state index in [1.54, 1.807) is 34.6 Å². The van der Waals surface area contributed by atoms with Gasteiger partial charge in [0.15, 0.2) is 0 Å². The van der Waals surface area contributed by atoms with Gasteiger partial charge in [0.25, 0.3) is 0 Å². The van der Waals surface area contributed by atoms with Crippen LogP contribution in [0.5, 0.6) is 0 Å². The lowest BCUT2D eigenvalue weighted by atomic mass is 9.84. The highest BCUT2D eigenvalue weighted by Gasteiger charge is 2.46. The number of carbonyl (C=O) groups excluding carboxylic acids is 11. The van der Waals surface area contributed by atoms with Gasteiger partial charge in [-0.25, -0.2) is 0 Å². The maximum atomic E-state index is 15.1. The van der Waals surface area contributed by atoms with Crippen LogP contribution in [0, 0.1) is 47.3 Å². The van der Waals surface area contributed by atoms with Gasteiger partial charge in [0.1, 0.15) is 60.4 Å². The first-order chi connectivity index (χ1) is 39.6. The molecule has 4 unspecified atom stereocenters. The van der Waals surface area contributed by atoms with Gasteiger partial charge >= 0.3 is 0 Å². The molecule has 1 heterocycles. The Morgan fingerprint density at radius 3 is 1.36 bits per heavy atom. The van der Waals surface area contributed by atoms with Crippen LogP contribution < -0.4 is 21.3 Å². The van der Waals surface area contributed by atoms with Crippen molar-refractivity contribution >= 4 is 65.0 Å². The summed E-state index contributed by atoms with van der Waals surface area (Å²) in [5.74, 6) is -9.90. The molecule has 14 atom stereocenters. The zero-order valence-electron chi connectivity index (χ0n) is 56.9. The summed E-state index contributed by atoms with van der Waals surface area (Å²) in [7, 11) is 9.88. The maximum absolute atomic E-state index is 15.1. The van der Waals surface area contributed by atoms with Gasteiger partial charge in [0.05, 0.1) is 12.6 Å². The summed E-state index contributed by atoms with van der Waals surface area (Å²) in [5.41, 5.74) is 0. The second-order valence-electron chi connectivity index (χ2n) is 26.4. The SMILES string of the molecule is C/C=C/C[C@@H](C)[C@H](C)[C@@H]1C(=O)N[C@@H](CC)C(=O)N(C)CC(=O)N(C)C([C@H](C)C(C)C)C(=O)NC(C(C)C)C(=O)N(C)[C@@H](CC(C)C)C(=O)N[C@@H](C)C(=O)N[C@@H](C)C(=O)N(C)[C@@H](CC(C)C)C(=O)N(C)[C@@H](CC(C)C)C(=O)N(C)C(C(C)O)C(=O)N1C. The number of hydrogen-bond acceptors (Lipinski definition) is 12. The fourth-order valence-corrected chi connectivity index (χ4v) is 11.0. The van der Waals surface area contributed by atoms with Crippen LogP contribution in [0.1, 0.15) is 157 Å². The number of hydrogen-bond donors (Lipinski definition) is 5. The number of amides is 11. The molecule has 5 N–H and O–H groups in total. The highest BCUT2D eigenvalue weighted by molar-refractivity contribution is 5.99. The normalized spacial score (nSPS) is 27.4. The Balaban J connectivity index is 4.36. The minimum atomic E-state index is -1.59. The van der Waals surface area contributed by atoms with E-state index in [9.17, 15) is 48.3 Å². The fourth-order valence-electron chi connectivity index (χ4n) is 11.0. The Bertz CT molecular complexity index is 2360. The Morgan fingerprint density at radius 1 is 0.477 bits per heavy atom. The number of carbonyl (C=O) groups is 11. The molecule has 0 bridgehead atoms. The molecule has 0 aromatic carbocycles. The van der Waals surface area contributed by atoms with Crippen LogP contribution in [-0.4, -0.2) is 227 Å². The summed E-state index contributed by atoms with van der Waals surface area (Å²) in [5, 5.41) is 22.6. The minimum absolute atomic E-state index is 0.0616. The number of nitrogens with zero attached hydrogens (tertiary/aromatic N) is 7. The molecule has 1 fully saturated rings. The van der Waals surface area contributed by atoms with E-state index in [0.717, 1.165) is 9.80 Å². The molecule has 86 heavy (non-hydrogen) atoms. The Morgan fingerprint density at radius 2 is 0.907 bits per heavy atom. The van der Waals surface area contributed by atoms with Gasteiger partial charge in [-0.1, -0.05) is 109 Å². The third-order valence-electron chi connectivity index (χ3n) is 17.2. The van der Waals surface area contributed by atoms with Crippen LogP contribution in [0.2, 0.25) is 0 Å². The number of rotatable bonds is 15. The summed E-state index contributed by atoms with van der Waals surface area (Å²) in [6.45, 7) is 31.1. The molecule has 23 nitrogen and oxygen atoms in total. The van der Waals surface area contributed by atoms with Gasteiger partial charge in [-0.05, 0) is 107 Å². The summed E-state index contributed by atoms with van der Waals surface area (Å²) >= 11 is 0. The van der Waals surface area contributed by atoms with Gasteiger partial charge in [-0.3, -0.25) is 52.7 Å². The van der Waals surface area contributed by atoms with Gasteiger partial charge in [0, 0.05) is 49.3 Å². The van der Waals surface area contributed by atoms with Gasteiger partial charge in [-0.15, -0.1) is 0 Å². The first-order valence-corrected chi connectivity index (χ1v) is 31.0. The molecule has 0 saturated carbocycles. The van der Waals surface area contributed by atoms with Crippen molar-refractivity contribution in [2.24, 2.45) is 47.3 Å². The van der Waals surface area contributed by atoms with Crippen molar-refractivity contribution in [3.63, 3.8) is 0 Å². The van der Waals surface area contributed by atoms with Crippen LogP contribution in [0.3, 0.4) is 0 Å². The zero-order valence-corrected chi connectivity index (χ0v) is 56.9. The van der Waals surface area contributed by atoms with E-state index in [4.69, 9.17) is 0 Å². The minimum Gasteiger partial charge on any atom is -0.391 e. The van der Waals surface area contributed by atoms with Crippen molar-refractivity contribution in [1.29, 1.82) is 0 Å². The van der Waals surface area contributed by atoms with Crippen molar-refractivity contribution < 1.29 is 57.8 Å². The van der Waals surface area contributed by atoms with Crippen LogP contribution in [0.25, 0.3) is 0 Å². The molecule has 11 amide bonds. The Labute approximate surface area is 515 Å². The smallest absolute Gasteiger partial charge is 0.248 e. The Kier molecular flexibility index (Phi) is 31.7. The molecule has 0 radical (unpaired) electrons. The largest absolute Gasteiger partial charge is 0.391 e. The molecule has 1 saturated heterocycles. The molecule has 0 spiro atoms. The zero-order chi connectivity index (χ0) is 66.8. The van der Waals surface area contributed by atoms with E-state index in [-0.39, 0.29) is 55.3 Å². The van der Waals surface area contributed by atoms with Gasteiger partial charge < -0.3 is 60.7 Å². The van der Waals surface area contributed by atoms with E-state index in [1.807, 2.05) is 81.4 Å². The van der Waals surface area contributed by atoms with Crippen molar-refractivity contribution in [2.75, 3.05) is 55.9 Å². The molecule has 1 rings (SSSR count). The first-order valence-electron chi connectivity index (χ1n) is 31.0. The van der Waals surface area contributed by atoms with E-state index in [2.05, 4.69) is 21.3 Å². The molecule has 0 aromatic heterocycles. The number of allylic oxidation sites excluding steroid dienone is 2. The van der Waals surface area contributed by atoms with E-state index in [0.29, 0.717) is 6.42 Å². The predicted octanol–water partition coefficient (Wildman–Crippen LogP) is 3.52. The molecular weight excluding hydrogens is 1100 g/mol. The van der Waals surface area contributed by atoms with Crippen LogP contribution in [0.4, 0.5) is 0 Å². The molecule has 0 aliphatic carbocycles. The summed E-state index contributed by atoms with van der Waals surface area (Å²) in [4.78, 5) is 169. The van der Waals surface area contributed by atoms with Crippen LogP contribution in [0.15, 0.2) is 12.2 Å². The highest BCUT2D eigenvalue weighted by Crippen LogP contribution is 2.27. The number of nitrogens with one attached hydrogen (secondary N) is 4.